The Kier molecular flexibility index (Phi) is 3.88. The standard InChI is InChI=1S/C16H13ClN2O2/c1-11-18-19-16(21-11)13-4-8-15(9-5-13)20-10-12-2-6-14(17)7-3-12/h2-9H,10H2,1H3. The van der Waals surface area contributed by atoms with Gasteiger partial charge in [-0.2, -0.15) is 0 Å². The van der Waals surface area contributed by atoms with Crippen LogP contribution in [0, 0.1) is 6.92 Å². The molecule has 106 valence electrons. The number of aryl methyl sites for hydroxylation is 1. The highest BCUT2D eigenvalue weighted by atomic mass is 35.5. The Labute approximate surface area is 127 Å². The summed E-state index contributed by atoms with van der Waals surface area (Å²) in [6.45, 7) is 2.26. The van der Waals surface area contributed by atoms with Gasteiger partial charge in [0, 0.05) is 17.5 Å². The highest BCUT2D eigenvalue weighted by molar-refractivity contribution is 6.30. The van der Waals surface area contributed by atoms with Crippen LogP contribution in [0.1, 0.15) is 11.5 Å². The van der Waals surface area contributed by atoms with Gasteiger partial charge in [0.25, 0.3) is 0 Å². The monoisotopic (exact) mass is 300 g/mol. The predicted molar refractivity (Wildman–Crippen MR) is 80.3 cm³/mol. The fraction of sp³-hybridized carbons (Fsp3) is 0.125. The minimum Gasteiger partial charge on any atom is -0.489 e. The van der Waals surface area contributed by atoms with E-state index in [4.69, 9.17) is 20.8 Å². The number of hydrogen-bond donors (Lipinski definition) is 0. The molecule has 0 aliphatic heterocycles. The van der Waals surface area contributed by atoms with Crippen molar-refractivity contribution in [3.63, 3.8) is 0 Å². The van der Waals surface area contributed by atoms with E-state index in [1.807, 2.05) is 48.5 Å². The Hall–Kier alpha value is -2.33. The van der Waals surface area contributed by atoms with Gasteiger partial charge in [0.1, 0.15) is 12.4 Å². The van der Waals surface area contributed by atoms with Crippen LogP contribution in [0.4, 0.5) is 0 Å². The van der Waals surface area contributed by atoms with Crippen LogP contribution in [0.25, 0.3) is 11.5 Å². The second-order valence-corrected chi connectivity index (χ2v) is 5.00. The SMILES string of the molecule is Cc1nnc(-c2ccc(OCc3ccc(Cl)cc3)cc2)o1. The minimum atomic E-state index is 0.496. The van der Waals surface area contributed by atoms with Crippen LogP contribution in [-0.2, 0) is 6.61 Å². The summed E-state index contributed by atoms with van der Waals surface area (Å²) in [6, 6.07) is 15.1. The molecule has 0 fully saturated rings. The molecule has 5 heteroatoms. The molecule has 3 rings (SSSR count). The van der Waals surface area contributed by atoms with Gasteiger partial charge in [0.2, 0.25) is 11.8 Å². The van der Waals surface area contributed by atoms with Gasteiger partial charge in [-0.05, 0) is 42.0 Å². The van der Waals surface area contributed by atoms with Crippen molar-refractivity contribution >= 4 is 11.6 Å². The lowest BCUT2D eigenvalue weighted by Crippen LogP contribution is -1.94. The molecular weight excluding hydrogens is 288 g/mol. The van der Waals surface area contributed by atoms with Crippen molar-refractivity contribution in [3.05, 3.63) is 65.0 Å². The van der Waals surface area contributed by atoms with Crippen molar-refractivity contribution < 1.29 is 9.15 Å². The molecule has 1 aromatic heterocycles. The number of nitrogens with zero attached hydrogens (tertiary/aromatic N) is 2. The summed E-state index contributed by atoms with van der Waals surface area (Å²) in [6.07, 6.45) is 0. The van der Waals surface area contributed by atoms with Crippen LogP contribution in [0.3, 0.4) is 0 Å². The third-order valence-corrected chi connectivity index (χ3v) is 3.20. The Bertz CT molecular complexity index is 721. The molecule has 2 aromatic carbocycles. The van der Waals surface area contributed by atoms with Gasteiger partial charge >= 0.3 is 0 Å². The lowest BCUT2D eigenvalue weighted by Gasteiger charge is -2.06. The van der Waals surface area contributed by atoms with Crippen molar-refractivity contribution in [2.45, 2.75) is 13.5 Å². The maximum Gasteiger partial charge on any atom is 0.247 e. The van der Waals surface area contributed by atoms with E-state index in [1.54, 1.807) is 6.92 Å². The van der Waals surface area contributed by atoms with E-state index in [2.05, 4.69) is 10.2 Å². The van der Waals surface area contributed by atoms with Crippen LogP contribution in [0.5, 0.6) is 5.75 Å². The van der Waals surface area contributed by atoms with Crippen LogP contribution in [-0.4, -0.2) is 10.2 Å². The summed E-state index contributed by atoms with van der Waals surface area (Å²) in [4.78, 5) is 0. The molecule has 3 aromatic rings. The molecular formula is C16H13ClN2O2. The fourth-order valence-corrected chi connectivity index (χ4v) is 1.98. The van der Waals surface area contributed by atoms with E-state index in [0.717, 1.165) is 21.9 Å². The van der Waals surface area contributed by atoms with E-state index < -0.39 is 0 Å². The first-order valence-electron chi connectivity index (χ1n) is 6.48. The van der Waals surface area contributed by atoms with E-state index in [0.29, 0.717) is 18.4 Å². The van der Waals surface area contributed by atoms with Gasteiger partial charge in [0.05, 0.1) is 0 Å². The Morgan fingerprint density at radius 1 is 1.00 bits per heavy atom. The first-order valence-corrected chi connectivity index (χ1v) is 6.86. The van der Waals surface area contributed by atoms with Gasteiger partial charge in [-0.3, -0.25) is 0 Å². The van der Waals surface area contributed by atoms with Gasteiger partial charge in [-0.25, -0.2) is 0 Å². The van der Waals surface area contributed by atoms with E-state index in [1.165, 1.54) is 0 Å². The van der Waals surface area contributed by atoms with Crippen molar-refractivity contribution in [3.8, 4) is 17.2 Å². The average molecular weight is 301 g/mol. The molecule has 0 amide bonds. The molecule has 0 saturated heterocycles. The number of rotatable bonds is 4. The van der Waals surface area contributed by atoms with E-state index in [9.17, 15) is 0 Å². The van der Waals surface area contributed by atoms with Gasteiger partial charge in [0.15, 0.2) is 0 Å². The lowest BCUT2D eigenvalue weighted by atomic mass is 10.2. The zero-order valence-corrected chi connectivity index (χ0v) is 12.2. The van der Waals surface area contributed by atoms with Gasteiger partial charge in [-0.15, -0.1) is 10.2 Å². The second-order valence-electron chi connectivity index (χ2n) is 4.57. The van der Waals surface area contributed by atoms with Crippen LogP contribution in [0.15, 0.2) is 52.9 Å². The summed E-state index contributed by atoms with van der Waals surface area (Å²) < 4.78 is 11.1. The van der Waals surface area contributed by atoms with E-state index in [-0.39, 0.29) is 0 Å². The fourth-order valence-electron chi connectivity index (χ4n) is 1.85. The summed E-state index contributed by atoms with van der Waals surface area (Å²) in [5.74, 6) is 1.84. The molecule has 0 bridgehead atoms. The molecule has 0 spiro atoms. The largest absolute Gasteiger partial charge is 0.489 e. The summed E-state index contributed by atoms with van der Waals surface area (Å²) in [5, 5.41) is 8.51. The molecule has 0 atom stereocenters. The molecule has 0 unspecified atom stereocenters. The highest BCUT2D eigenvalue weighted by Crippen LogP contribution is 2.22. The Balaban J connectivity index is 1.65. The van der Waals surface area contributed by atoms with Crippen LogP contribution < -0.4 is 4.74 Å². The maximum atomic E-state index is 5.85. The number of ether oxygens (including phenoxy) is 1. The molecule has 0 N–H and O–H groups in total. The van der Waals surface area contributed by atoms with Crippen molar-refractivity contribution in [2.24, 2.45) is 0 Å². The van der Waals surface area contributed by atoms with Crippen molar-refractivity contribution in [1.82, 2.24) is 10.2 Å². The quantitative estimate of drug-likeness (QED) is 0.721. The molecule has 0 saturated carbocycles. The van der Waals surface area contributed by atoms with Crippen LogP contribution >= 0.6 is 11.6 Å². The van der Waals surface area contributed by atoms with Gasteiger partial charge in [-0.1, -0.05) is 23.7 Å². The topological polar surface area (TPSA) is 48.2 Å². The summed E-state index contributed by atoms with van der Waals surface area (Å²) >= 11 is 5.85. The third-order valence-electron chi connectivity index (χ3n) is 2.95. The third kappa shape index (κ3) is 3.41. The first-order chi connectivity index (χ1) is 10.2. The van der Waals surface area contributed by atoms with Crippen molar-refractivity contribution in [1.29, 1.82) is 0 Å². The predicted octanol–water partition coefficient (Wildman–Crippen LogP) is 4.28. The highest BCUT2D eigenvalue weighted by Gasteiger charge is 2.05. The normalized spacial score (nSPS) is 10.6. The summed E-state index contributed by atoms with van der Waals surface area (Å²) in [5.41, 5.74) is 1.94. The maximum absolute atomic E-state index is 5.85. The Morgan fingerprint density at radius 3 is 2.33 bits per heavy atom. The minimum absolute atomic E-state index is 0.496. The molecule has 0 aliphatic carbocycles. The zero-order valence-electron chi connectivity index (χ0n) is 11.4. The van der Waals surface area contributed by atoms with Crippen molar-refractivity contribution in [2.75, 3.05) is 0 Å². The molecule has 4 nitrogen and oxygen atoms in total. The number of hydrogen-bond acceptors (Lipinski definition) is 4. The molecule has 0 aliphatic rings. The molecule has 0 radical (unpaired) electrons. The zero-order chi connectivity index (χ0) is 14.7. The lowest BCUT2D eigenvalue weighted by molar-refractivity contribution is 0.306. The van der Waals surface area contributed by atoms with E-state index >= 15 is 0 Å². The van der Waals surface area contributed by atoms with Crippen LogP contribution in [0.2, 0.25) is 5.02 Å². The summed E-state index contributed by atoms with van der Waals surface area (Å²) in [7, 11) is 0. The average Bonchev–Trinajstić information content (AvgIpc) is 2.94. The second kappa shape index (κ2) is 5.97. The molecule has 1 heterocycles. The Morgan fingerprint density at radius 2 is 1.71 bits per heavy atom. The smallest absolute Gasteiger partial charge is 0.247 e. The molecule has 21 heavy (non-hydrogen) atoms. The number of halogens is 1. The number of benzene rings is 2. The van der Waals surface area contributed by atoms with Gasteiger partial charge < -0.3 is 9.15 Å². The number of aromatic nitrogens is 2. The first kappa shape index (κ1) is 13.6.